The maximum atomic E-state index is 2.28. The van der Waals surface area contributed by atoms with E-state index >= 15 is 0 Å². The van der Waals surface area contributed by atoms with Crippen molar-refractivity contribution in [3.8, 4) is 0 Å². The molecule has 0 spiro atoms. The van der Waals surface area contributed by atoms with Gasteiger partial charge in [0.05, 0.1) is 0 Å². The van der Waals surface area contributed by atoms with Crippen LogP contribution in [0.15, 0.2) is 72.8 Å². The molecule has 84 valence electrons. The van der Waals surface area contributed by atoms with Crippen LogP contribution in [0.3, 0.4) is 0 Å². The Morgan fingerprint density at radius 2 is 1.00 bits per heavy atom. The quantitative estimate of drug-likeness (QED) is 0.534. The van der Waals surface area contributed by atoms with E-state index in [0.29, 0.717) is 0 Å². The van der Waals surface area contributed by atoms with E-state index in [4.69, 9.17) is 0 Å². The second-order valence-corrected chi connectivity index (χ2v) is 4.48. The summed E-state index contributed by atoms with van der Waals surface area (Å²) in [6.07, 6.45) is 4.56. The van der Waals surface area contributed by atoms with Crippen LogP contribution < -0.4 is 4.48 Å². The molecule has 0 saturated carbocycles. The summed E-state index contributed by atoms with van der Waals surface area (Å²) in [6.45, 7) is 2.10. The molecule has 17 heavy (non-hydrogen) atoms. The molecule has 1 nitrogen and oxygen atoms in total. The van der Waals surface area contributed by atoms with Crippen LogP contribution >= 0.6 is 0 Å². The Morgan fingerprint density at radius 3 is 1.41 bits per heavy atom. The first-order chi connectivity index (χ1) is 8.42. The lowest BCUT2D eigenvalue weighted by molar-refractivity contribution is 0.484. The van der Waals surface area contributed by atoms with Crippen LogP contribution in [0.4, 0.5) is 11.4 Å². The molecule has 2 aromatic carbocycles. The molecule has 0 unspecified atom stereocenters. The third-order valence-electron chi connectivity index (χ3n) is 3.50. The van der Waals surface area contributed by atoms with Crippen LogP contribution in [0, 0.1) is 0 Å². The maximum absolute atomic E-state index is 2.28. The smallest absolute Gasteiger partial charge is 0.138 e. The molecule has 0 aliphatic carbocycles. The molecule has 1 heteroatoms. The highest BCUT2D eigenvalue weighted by Gasteiger charge is 2.33. The molecule has 0 fully saturated rings. The zero-order valence-corrected chi connectivity index (χ0v) is 9.79. The van der Waals surface area contributed by atoms with E-state index in [1.54, 1.807) is 0 Å². The molecule has 0 amide bonds. The van der Waals surface area contributed by atoms with Gasteiger partial charge in [-0.05, 0) is 36.4 Å². The number of hydrogen-bond donors (Lipinski definition) is 0. The van der Waals surface area contributed by atoms with Gasteiger partial charge in [-0.1, -0.05) is 36.4 Å². The minimum Gasteiger partial charge on any atom is -0.252 e. The Balaban J connectivity index is 2.12. The van der Waals surface area contributed by atoms with Gasteiger partial charge < -0.3 is 0 Å². The molecule has 0 radical (unpaired) electrons. The minimum atomic E-state index is 0.918. The van der Waals surface area contributed by atoms with Gasteiger partial charge in [-0.25, -0.2) is 0 Å². The van der Waals surface area contributed by atoms with Gasteiger partial charge >= 0.3 is 0 Å². The Labute approximate surface area is 102 Å². The lowest BCUT2D eigenvalue weighted by atomic mass is 10.2. The van der Waals surface area contributed by atoms with Crippen molar-refractivity contribution in [3.05, 3.63) is 72.8 Å². The average Bonchev–Trinajstić information content (AvgIpc) is 2.91. The Bertz CT molecular complexity index is 464. The summed E-state index contributed by atoms with van der Waals surface area (Å²) in [5.41, 5.74) is 2.73. The van der Waals surface area contributed by atoms with Gasteiger partial charge in [0.15, 0.2) is 0 Å². The van der Waals surface area contributed by atoms with Crippen LogP contribution in [-0.2, 0) is 0 Å². The van der Waals surface area contributed by atoms with Gasteiger partial charge in [-0.2, -0.15) is 0 Å². The number of rotatable bonds is 2. The highest BCUT2D eigenvalue weighted by atomic mass is 15.4. The second kappa shape index (κ2) is 4.19. The van der Waals surface area contributed by atoms with Crippen molar-refractivity contribution in [1.82, 2.24) is 4.48 Å². The van der Waals surface area contributed by atoms with Crippen molar-refractivity contribution in [2.24, 2.45) is 0 Å². The van der Waals surface area contributed by atoms with Gasteiger partial charge in [-0.15, -0.1) is 0 Å². The number of para-hydroxylation sites is 2. The first-order valence-corrected chi connectivity index (χ1v) is 6.05. The van der Waals surface area contributed by atoms with Crippen LogP contribution in [0.25, 0.3) is 0 Å². The van der Waals surface area contributed by atoms with Crippen LogP contribution in [-0.4, -0.2) is 13.1 Å². The molecule has 1 heterocycles. The van der Waals surface area contributed by atoms with Crippen molar-refractivity contribution in [3.63, 3.8) is 0 Å². The van der Waals surface area contributed by atoms with E-state index in [1.165, 1.54) is 11.4 Å². The summed E-state index contributed by atoms with van der Waals surface area (Å²) >= 11 is 0. The molecule has 1 aliphatic heterocycles. The zero-order chi connectivity index (χ0) is 11.6. The van der Waals surface area contributed by atoms with E-state index in [1.807, 2.05) is 0 Å². The fraction of sp³-hybridized carbons (Fsp3) is 0.125. The van der Waals surface area contributed by atoms with E-state index < -0.39 is 0 Å². The molecule has 3 rings (SSSR count). The summed E-state index contributed by atoms with van der Waals surface area (Å²) < 4.78 is 0.918. The molecule has 2 aromatic rings. The van der Waals surface area contributed by atoms with E-state index in [9.17, 15) is 0 Å². The average molecular weight is 222 g/mol. The van der Waals surface area contributed by atoms with Gasteiger partial charge in [0, 0.05) is 0 Å². The van der Waals surface area contributed by atoms with E-state index in [2.05, 4.69) is 72.8 Å². The standard InChI is InChI=1S/C16H16N/c1-3-9-15(10-4-1)17(13-7-8-14-17)16-11-5-2-6-12-16/h1-12H,13-14H2/q+1. The Kier molecular flexibility index (Phi) is 2.54. The van der Waals surface area contributed by atoms with Crippen molar-refractivity contribution in [2.45, 2.75) is 0 Å². The predicted molar refractivity (Wildman–Crippen MR) is 73.2 cm³/mol. The number of benzene rings is 2. The summed E-state index contributed by atoms with van der Waals surface area (Å²) in [4.78, 5) is 0. The fourth-order valence-electron chi connectivity index (χ4n) is 2.58. The second-order valence-electron chi connectivity index (χ2n) is 4.48. The molecule has 0 saturated heterocycles. The van der Waals surface area contributed by atoms with Crippen LogP contribution in [0.5, 0.6) is 0 Å². The van der Waals surface area contributed by atoms with Crippen LogP contribution in [0.2, 0.25) is 0 Å². The summed E-state index contributed by atoms with van der Waals surface area (Å²) in [6, 6.07) is 21.5. The molecular weight excluding hydrogens is 206 g/mol. The first kappa shape index (κ1) is 10.3. The van der Waals surface area contributed by atoms with E-state index in [0.717, 1.165) is 17.6 Å². The summed E-state index contributed by atoms with van der Waals surface area (Å²) in [5.74, 6) is 0. The Hall–Kier alpha value is -1.86. The van der Waals surface area contributed by atoms with E-state index in [-0.39, 0.29) is 0 Å². The third kappa shape index (κ3) is 1.69. The minimum absolute atomic E-state index is 0.918. The van der Waals surface area contributed by atoms with Gasteiger partial charge in [0.1, 0.15) is 24.5 Å². The van der Waals surface area contributed by atoms with Crippen LogP contribution in [0.1, 0.15) is 0 Å². The number of nitrogens with zero attached hydrogens (tertiary/aromatic N) is 1. The molecule has 0 atom stereocenters. The zero-order valence-electron chi connectivity index (χ0n) is 9.79. The van der Waals surface area contributed by atoms with Crippen molar-refractivity contribution in [1.29, 1.82) is 0 Å². The molecule has 0 bridgehead atoms. The molecule has 1 aliphatic rings. The first-order valence-electron chi connectivity index (χ1n) is 6.05. The lowest BCUT2D eigenvalue weighted by Crippen LogP contribution is -2.41. The summed E-state index contributed by atoms with van der Waals surface area (Å²) in [7, 11) is 0. The predicted octanol–water partition coefficient (Wildman–Crippen LogP) is 3.90. The highest BCUT2D eigenvalue weighted by Crippen LogP contribution is 2.36. The monoisotopic (exact) mass is 222 g/mol. The molecular formula is C16H16N+. The normalized spacial score (nSPS) is 17.2. The SMILES string of the molecule is C1=CC[N+](c2ccccc2)(c2ccccc2)C1. The van der Waals surface area contributed by atoms with Crippen molar-refractivity contribution < 1.29 is 0 Å². The largest absolute Gasteiger partial charge is 0.252 e. The maximum Gasteiger partial charge on any atom is 0.138 e. The topological polar surface area (TPSA) is 0 Å². The lowest BCUT2D eigenvalue weighted by Gasteiger charge is -2.33. The molecule has 0 aromatic heterocycles. The van der Waals surface area contributed by atoms with Gasteiger partial charge in [-0.3, -0.25) is 4.48 Å². The summed E-state index contributed by atoms with van der Waals surface area (Å²) in [5, 5.41) is 0. The number of quaternary nitrogens is 1. The van der Waals surface area contributed by atoms with Gasteiger partial charge in [0.2, 0.25) is 0 Å². The fourth-order valence-corrected chi connectivity index (χ4v) is 2.58. The highest BCUT2D eigenvalue weighted by molar-refractivity contribution is 5.60. The van der Waals surface area contributed by atoms with Gasteiger partial charge in [0.25, 0.3) is 0 Å². The third-order valence-corrected chi connectivity index (χ3v) is 3.50. The molecule has 0 N–H and O–H groups in total. The van der Waals surface area contributed by atoms with Crippen molar-refractivity contribution >= 4 is 11.4 Å². The van der Waals surface area contributed by atoms with Crippen molar-refractivity contribution in [2.75, 3.05) is 13.1 Å². The number of hydrogen-bond acceptors (Lipinski definition) is 0. The Morgan fingerprint density at radius 1 is 0.588 bits per heavy atom.